The first kappa shape index (κ1) is 24.8. The third-order valence-corrected chi connectivity index (χ3v) is 7.43. The number of rotatable bonds is 10. The highest BCUT2D eigenvalue weighted by atomic mass is 32.1. The molecule has 37 heavy (non-hydrogen) atoms. The first-order chi connectivity index (χ1) is 18.1. The third kappa shape index (κ3) is 7.08. The predicted octanol–water partition coefficient (Wildman–Crippen LogP) is 4.20. The van der Waals surface area contributed by atoms with Crippen LogP contribution in [0, 0.1) is 0 Å². The molecular weight excluding hydrogens is 508 g/mol. The van der Waals surface area contributed by atoms with E-state index in [4.69, 9.17) is 0 Å². The third-order valence-electron chi connectivity index (χ3n) is 5.89. The first-order valence-electron chi connectivity index (χ1n) is 12.0. The van der Waals surface area contributed by atoms with E-state index in [2.05, 4.69) is 41.7 Å². The van der Waals surface area contributed by atoms with Gasteiger partial charge in [-0.25, -0.2) is 0 Å². The minimum absolute atomic E-state index is 0.126. The molecule has 2 aromatic heterocycles. The Morgan fingerprint density at radius 2 is 1.05 bits per heavy atom. The monoisotopic (exact) mass is 534 g/mol. The van der Waals surface area contributed by atoms with Gasteiger partial charge in [-0.15, -0.1) is 20.4 Å². The zero-order valence-electron chi connectivity index (χ0n) is 19.9. The van der Waals surface area contributed by atoms with Crippen molar-refractivity contribution < 1.29 is 9.59 Å². The van der Waals surface area contributed by atoms with Gasteiger partial charge >= 0.3 is 0 Å². The quantitative estimate of drug-likeness (QED) is 0.238. The van der Waals surface area contributed by atoms with Crippen molar-refractivity contribution in [2.45, 2.75) is 44.2 Å². The van der Waals surface area contributed by atoms with Crippen LogP contribution in [-0.2, 0) is 22.4 Å². The topological polar surface area (TPSA) is 134 Å². The molecule has 0 saturated heterocycles. The van der Waals surface area contributed by atoms with Gasteiger partial charge in [0.15, 0.2) is 0 Å². The summed E-state index contributed by atoms with van der Waals surface area (Å²) in [6.07, 6.45) is 3.55. The Morgan fingerprint density at radius 1 is 0.649 bits per heavy atom. The minimum atomic E-state index is -0.128. The molecule has 2 amide bonds. The van der Waals surface area contributed by atoms with Gasteiger partial charge in [0.1, 0.15) is 0 Å². The smallest absolute Gasteiger partial charge is 0.230 e. The fourth-order valence-electron chi connectivity index (χ4n) is 4.18. The number of amides is 2. The number of anilines is 4. The lowest BCUT2D eigenvalue weighted by molar-refractivity contribution is -0.116. The van der Waals surface area contributed by atoms with Crippen LogP contribution in [0.1, 0.15) is 30.4 Å². The summed E-state index contributed by atoms with van der Waals surface area (Å²) in [6, 6.07) is 19.4. The van der Waals surface area contributed by atoms with E-state index in [1.807, 2.05) is 60.7 Å². The van der Waals surface area contributed by atoms with Crippen molar-refractivity contribution in [3.63, 3.8) is 0 Å². The number of benzene rings is 2. The molecule has 190 valence electrons. The number of aromatic nitrogens is 4. The Bertz CT molecular complexity index is 1230. The summed E-state index contributed by atoms with van der Waals surface area (Å²) in [4.78, 5) is 24.6. The average Bonchev–Trinajstić information content (AvgIpc) is 3.63. The first-order valence-corrected chi connectivity index (χ1v) is 13.6. The van der Waals surface area contributed by atoms with E-state index in [0.29, 0.717) is 20.5 Å². The molecule has 4 aromatic rings. The molecule has 2 aromatic carbocycles. The van der Waals surface area contributed by atoms with E-state index < -0.39 is 0 Å². The zero-order chi connectivity index (χ0) is 25.5. The summed E-state index contributed by atoms with van der Waals surface area (Å²) in [5.41, 5.74) is 1.89. The lowest BCUT2D eigenvalue weighted by atomic mass is 10.1. The second kappa shape index (κ2) is 11.9. The van der Waals surface area contributed by atoms with Crippen molar-refractivity contribution >= 4 is 55.0 Å². The zero-order valence-corrected chi connectivity index (χ0v) is 21.5. The van der Waals surface area contributed by atoms with Crippen LogP contribution in [0.15, 0.2) is 60.7 Å². The van der Waals surface area contributed by atoms with Crippen molar-refractivity contribution in [2.24, 2.45) is 0 Å². The van der Waals surface area contributed by atoms with Crippen LogP contribution in [-0.4, -0.2) is 44.3 Å². The average molecular weight is 535 g/mol. The van der Waals surface area contributed by atoms with Crippen LogP contribution in [0.5, 0.6) is 0 Å². The van der Waals surface area contributed by atoms with Gasteiger partial charge < -0.3 is 21.3 Å². The molecule has 5 rings (SSSR count). The van der Waals surface area contributed by atoms with E-state index in [1.165, 1.54) is 22.7 Å². The number of carbonyl (C=O) groups is 2. The molecule has 1 saturated carbocycles. The van der Waals surface area contributed by atoms with Crippen LogP contribution in [0.3, 0.4) is 0 Å². The normalized spacial score (nSPS) is 16.8. The Morgan fingerprint density at radius 3 is 1.49 bits per heavy atom. The van der Waals surface area contributed by atoms with Crippen LogP contribution in [0.2, 0.25) is 0 Å². The maximum Gasteiger partial charge on any atom is 0.230 e. The molecule has 1 fully saturated rings. The summed E-state index contributed by atoms with van der Waals surface area (Å²) in [6.45, 7) is 0. The Kier molecular flexibility index (Phi) is 7.96. The number of hydrogen-bond donors (Lipinski definition) is 4. The van der Waals surface area contributed by atoms with Crippen molar-refractivity contribution in [1.82, 2.24) is 20.4 Å². The number of hydrogen-bond acceptors (Lipinski definition) is 10. The van der Waals surface area contributed by atoms with Crippen LogP contribution >= 0.6 is 22.7 Å². The molecule has 1 aliphatic carbocycles. The molecule has 0 spiro atoms. The van der Waals surface area contributed by atoms with E-state index in [0.717, 1.165) is 30.4 Å². The molecular formula is C25H26N8O2S2. The maximum absolute atomic E-state index is 12.3. The molecule has 0 radical (unpaired) electrons. The van der Waals surface area contributed by atoms with Crippen molar-refractivity contribution in [3.05, 3.63) is 71.8 Å². The summed E-state index contributed by atoms with van der Waals surface area (Å²) >= 11 is 2.63. The van der Waals surface area contributed by atoms with Gasteiger partial charge in [0.05, 0.1) is 12.8 Å². The lowest BCUT2D eigenvalue weighted by Crippen LogP contribution is -2.34. The van der Waals surface area contributed by atoms with E-state index >= 15 is 0 Å². The second-order valence-electron chi connectivity index (χ2n) is 8.68. The van der Waals surface area contributed by atoms with Gasteiger partial charge in [-0.2, -0.15) is 0 Å². The molecule has 2 heterocycles. The fraction of sp³-hybridized carbons (Fsp3) is 0.280. The highest BCUT2D eigenvalue weighted by Gasteiger charge is 2.29. The Labute approximate surface area is 222 Å². The summed E-state index contributed by atoms with van der Waals surface area (Å²) < 4.78 is 0. The van der Waals surface area contributed by atoms with Crippen LogP contribution in [0.25, 0.3) is 0 Å². The van der Waals surface area contributed by atoms with Crippen molar-refractivity contribution in [2.75, 3.05) is 21.3 Å². The fourth-order valence-corrected chi connectivity index (χ4v) is 5.62. The second-order valence-corrected chi connectivity index (χ2v) is 10.6. The van der Waals surface area contributed by atoms with Gasteiger partial charge in [0.2, 0.25) is 32.3 Å². The molecule has 0 unspecified atom stereocenters. The predicted molar refractivity (Wildman–Crippen MR) is 146 cm³/mol. The molecule has 10 nitrogen and oxygen atoms in total. The Balaban J connectivity index is 1.11. The van der Waals surface area contributed by atoms with Crippen LogP contribution < -0.4 is 21.3 Å². The molecule has 4 N–H and O–H groups in total. The lowest BCUT2D eigenvalue weighted by Gasteiger charge is -2.20. The van der Waals surface area contributed by atoms with Crippen molar-refractivity contribution in [1.29, 1.82) is 0 Å². The molecule has 2 atom stereocenters. The summed E-state index contributed by atoms with van der Waals surface area (Å²) in [5, 5.41) is 31.3. The highest BCUT2D eigenvalue weighted by Crippen LogP contribution is 2.30. The largest absolute Gasteiger partial charge is 0.355 e. The standard InChI is InChI=1S/C25H26N8O2S2/c34-20(14-16-8-3-1-4-9-16)28-24-32-30-22(36-24)26-18-12-7-13-19(18)27-23-31-33-25(37-23)29-21(35)15-17-10-5-2-6-11-17/h1-6,8-11,18-19H,7,12-15H2,(H,26,30)(H,27,31)(H,28,32,34)(H,29,33,35)/t18-,19-/m1/s1. The van der Waals surface area contributed by atoms with Gasteiger partial charge in [-0.3, -0.25) is 9.59 Å². The number of nitrogens with one attached hydrogen (secondary N) is 4. The van der Waals surface area contributed by atoms with Gasteiger partial charge in [0, 0.05) is 12.1 Å². The molecule has 1 aliphatic rings. The Hall–Kier alpha value is -3.90. The maximum atomic E-state index is 12.3. The van der Waals surface area contributed by atoms with Gasteiger partial charge in [-0.05, 0) is 30.4 Å². The minimum Gasteiger partial charge on any atom is -0.355 e. The SMILES string of the molecule is O=C(Cc1ccccc1)Nc1nnc(N[C@@H]2CCC[C@H]2Nc2nnc(NC(=O)Cc3ccccc3)s2)s1. The van der Waals surface area contributed by atoms with E-state index in [1.54, 1.807) is 0 Å². The van der Waals surface area contributed by atoms with E-state index in [-0.39, 0.29) is 36.7 Å². The number of nitrogens with zero attached hydrogens (tertiary/aromatic N) is 4. The van der Waals surface area contributed by atoms with E-state index in [9.17, 15) is 9.59 Å². The molecule has 12 heteroatoms. The summed E-state index contributed by atoms with van der Waals surface area (Å²) in [7, 11) is 0. The van der Waals surface area contributed by atoms with Gasteiger partial charge in [-0.1, -0.05) is 83.3 Å². The highest BCUT2D eigenvalue weighted by molar-refractivity contribution is 7.19. The molecule has 0 aliphatic heterocycles. The molecule has 0 bridgehead atoms. The van der Waals surface area contributed by atoms with Crippen LogP contribution in [0.4, 0.5) is 20.5 Å². The number of carbonyl (C=O) groups excluding carboxylic acids is 2. The van der Waals surface area contributed by atoms with Crippen molar-refractivity contribution in [3.8, 4) is 0 Å². The summed E-state index contributed by atoms with van der Waals surface area (Å²) in [5.74, 6) is -0.255. The van der Waals surface area contributed by atoms with Gasteiger partial charge in [0.25, 0.3) is 0 Å².